The molecule has 1 amide bonds. The Labute approximate surface area is 329 Å². The predicted molar refractivity (Wildman–Crippen MR) is 193 cm³/mol. The number of fused-ring (bicyclic) bond motifs is 1. The van der Waals surface area contributed by atoms with Crippen molar-refractivity contribution in [3.8, 4) is 11.1 Å². The van der Waals surface area contributed by atoms with Gasteiger partial charge in [0.25, 0.3) is 0 Å². The summed E-state index contributed by atoms with van der Waals surface area (Å²) in [4.78, 5) is 28.6. The average molecular weight is 755 g/mol. The number of thioether (sulfide) groups is 1. The molecule has 1 aliphatic rings. The Balaban J connectivity index is 1.63. The maximum absolute atomic E-state index is 15.4. The van der Waals surface area contributed by atoms with Gasteiger partial charge in [-0.15, -0.1) is 11.8 Å². The Bertz CT molecular complexity index is 2930. The van der Waals surface area contributed by atoms with E-state index in [1.807, 2.05) is 0 Å². The lowest BCUT2D eigenvalue weighted by molar-refractivity contribution is -0.137. The Morgan fingerprint density at radius 2 is 1.75 bits per heavy atom. The highest BCUT2D eigenvalue weighted by Gasteiger charge is 2.31. The minimum atomic E-state index is -4.72. The lowest BCUT2D eigenvalue weighted by Crippen LogP contribution is -2.48. The van der Waals surface area contributed by atoms with E-state index in [0.29, 0.717) is 16.3 Å². The molecule has 1 fully saturated rings. The summed E-state index contributed by atoms with van der Waals surface area (Å²) in [6.07, 6.45) is -13.4. The van der Waals surface area contributed by atoms with Crippen molar-refractivity contribution >= 4 is 28.6 Å². The van der Waals surface area contributed by atoms with Crippen molar-refractivity contribution in [2.45, 2.75) is 48.8 Å². The fourth-order valence-electron chi connectivity index (χ4n) is 4.90. The summed E-state index contributed by atoms with van der Waals surface area (Å²) in [6, 6.07) is 0.695. The summed E-state index contributed by atoms with van der Waals surface area (Å²) in [5.74, 6) is -5.42. The molecule has 52 heavy (non-hydrogen) atoms. The molecule has 0 unspecified atom stereocenters. The van der Waals surface area contributed by atoms with Crippen LogP contribution in [-0.2, 0) is 34.5 Å². The average Bonchev–Trinajstić information content (AvgIpc) is 3.27. The Morgan fingerprint density at radius 1 is 1.06 bits per heavy atom. The minimum Gasteiger partial charge on any atom is -0.383 e. The molecule has 0 atom stereocenters. The van der Waals surface area contributed by atoms with Crippen LogP contribution in [0.4, 0.5) is 22.0 Å². The molecule has 0 saturated carbocycles. The summed E-state index contributed by atoms with van der Waals surface area (Å²) >= 11 is 0.321. The van der Waals surface area contributed by atoms with E-state index in [9.17, 15) is 36.3 Å². The second-order valence-corrected chi connectivity index (χ2v) is 11.9. The zero-order chi connectivity index (χ0) is 53.6. The van der Waals surface area contributed by atoms with Crippen LogP contribution in [0.3, 0.4) is 0 Å². The monoisotopic (exact) mass is 754 g/mol. The zero-order valence-corrected chi connectivity index (χ0v) is 27.4. The first-order chi connectivity index (χ1) is 32.4. The van der Waals surface area contributed by atoms with Gasteiger partial charge in [-0.3, -0.25) is 9.59 Å². The van der Waals surface area contributed by atoms with Crippen LogP contribution in [0, 0.1) is 11.6 Å². The van der Waals surface area contributed by atoms with E-state index in [1.54, 1.807) is 0 Å². The fraction of sp³-hybridized carbons (Fsp3) is 0.300. The van der Waals surface area contributed by atoms with Crippen LogP contribution in [-0.4, -0.2) is 59.5 Å². The summed E-state index contributed by atoms with van der Waals surface area (Å²) in [6.45, 7) is -15.9. The predicted octanol–water partition coefficient (Wildman–Crippen LogP) is 8.40. The molecular formula is C40H38F5N3O3S. The van der Waals surface area contributed by atoms with Gasteiger partial charge in [-0.25, -0.2) is 8.78 Å². The molecule has 0 radical (unpaired) electrons. The van der Waals surface area contributed by atoms with Crippen LogP contribution in [0.2, 0.25) is 0 Å². The summed E-state index contributed by atoms with van der Waals surface area (Å²) in [7, 11) is -3.18. The Hall–Kier alpha value is -4.52. The van der Waals surface area contributed by atoms with Gasteiger partial charge in [-0.05, 0) is 59.7 Å². The van der Waals surface area contributed by atoms with Gasteiger partial charge in [0, 0.05) is 72.8 Å². The SMILES string of the molecule is [2H]c1c([2H])c([2H])c2c(c1[2H])c(=O)c([2H])c(SCc1cccc(F)c1F)n2CC(=O)N(C([2H])([2H])c1ccc(-c2ccc(C(F)(F)F)cc2)cc1)C1([2H])C([2H])([2H])C([2H])([2H])N(CCOC([2H])([2H])[2H])C([2H])([2H])C1([2H])[2H]. The number of carbonyl (C=O) groups is 1. The number of piperidine rings is 1. The number of likely N-dealkylation sites (tertiary alicyclic amines) is 1. The smallest absolute Gasteiger partial charge is 0.383 e. The maximum atomic E-state index is 15.4. The standard InChI is InChI=1S/C40H38F5N3O3S/c1-51-22-21-46-19-17-32(18-20-46)47(24-27-9-11-28(12-10-27)29-13-15-31(16-14-29)40(43,44)45)37(50)25-48-35-8-3-2-6-33(35)36(49)23-38(48)52-26-30-5-4-7-34(41)39(30)42/h2-16,23,32H,17-22,24-26H2,1H3/i1D3,2D,3D,6D,8D,17D2,18D2,19D2,20D2,23D,24D2,32D. The van der Waals surface area contributed by atoms with E-state index in [-0.39, 0.29) is 16.0 Å². The summed E-state index contributed by atoms with van der Waals surface area (Å²) in [5, 5.41) is -1.71. The number of para-hydroxylation sites is 1. The second-order valence-electron chi connectivity index (χ2n) is 10.9. The van der Waals surface area contributed by atoms with Crippen molar-refractivity contribution < 1.29 is 57.5 Å². The highest BCUT2D eigenvalue weighted by molar-refractivity contribution is 7.98. The number of ether oxygens (including phenoxy) is 1. The molecule has 6 nitrogen and oxygen atoms in total. The molecule has 1 aliphatic heterocycles. The molecule has 12 heteroatoms. The van der Waals surface area contributed by atoms with Gasteiger partial charge in [-0.1, -0.05) is 60.6 Å². The number of carbonyl (C=O) groups excluding carboxylic acids is 1. The third-order valence-corrected chi connectivity index (χ3v) is 8.55. The van der Waals surface area contributed by atoms with Crippen LogP contribution in [0.1, 0.15) is 55.5 Å². The Morgan fingerprint density at radius 3 is 2.44 bits per heavy atom. The van der Waals surface area contributed by atoms with Gasteiger partial charge >= 0.3 is 6.18 Å². The first-order valence-corrected chi connectivity index (χ1v) is 16.1. The first kappa shape index (κ1) is 20.1. The molecule has 272 valence electrons. The molecule has 0 N–H and O–H groups in total. The molecule has 2 heterocycles. The van der Waals surface area contributed by atoms with Crippen LogP contribution in [0.5, 0.6) is 0 Å². The number of methoxy groups -OCH3 is 1. The van der Waals surface area contributed by atoms with Crippen molar-refractivity contribution in [3.05, 3.63) is 135 Å². The van der Waals surface area contributed by atoms with Gasteiger partial charge in [0.05, 0.1) is 37.8 Å². The molecule has 0 aliphatic carbocycles. The first-order valence-electron chi connectivity index (χ1n) is 24.6. The molecule has 0 bridgehead atoms. The normalized spacial score (nSPS) is 24.5. The van der Waals surface area contributed by atoms with Crippen molar-refractivity contribution in [3.63, 3.8) is 0 Å². The quantitative estimate of drug-likeness (QED) is 0.0947. The van der Waals surface area contributed by atoms with Crippen LogP contribution >= 0.6 is 11.8 Å². The van der Waals surface area contributed by atoms with E-state index in [2.05, 4.69) is 4.74 Å². The van der Waals surface area contributed by atoms with E-state index < -0.39 is 168 Å². The third-order valence-electron chi connectivity index (χ3n) is 7.50. The number of pyridine rings is 1. The lowest BCUT2D eigenvalue weighted by atomic mass is 10.00. The summed E-state index contributed by atoms with van der Waals surface area (Å²) in [5.41, 5.74) is -4.25. The van der Waals surface area contributed by atoms with Crippen molar-refractivity contribution in [1.82, 2.24) is 14.4 Å². The van der Waals surface area contributed by atoms with Crippen molar-refractivity contribution in [1.29, 1.82) is 0 Å². The van der Waals surface area contributed by atoms with Gasteiger partial charge in [0.15, 0.2) is 17.1 Å². The topological polar surface area (TPSA) is 54.8 Å². The highest BCUT2D eigenvalue weighted by atomic mass is 32.2. The number of halogens is 5. The molecule has 1 aromatic heterocycles. The molecule has 0 spiro atoms. The molecule has 4 aromatic carbocycles. The van der Waals surface area contributed by atoms with Crippen molar-refractivity contribution in [2.24, 2.45) is 0 Å². The Kier molecular flexibility index (Phi) is 6.35. The van der Waals surface area contributed by atoms with Crippen molar-refractivity contribution in [2.75, 3.05) is 33.2 Å². The number of alkyl halides is 3. The molecular weight excluding hydrogens is 698 g/mol. The number of amides is 1. The number of benzene rings is 4. The molecule has 1 saturated heterocycles. The van der Waals surface area contributed by atoms with E-state index in [0.717, 1.165) is 66.7 Å². The van der Waals surface area contributed by atoms with E-state index in [4.69, 9.17) is 16.4 Å². The number of hydrogen-bond acceptors (Lipinski definition) is 5. The van der Waals surface area contributed by atoms with Gasteiger partial charge in [0.2, 0.25) is 5.91 Å². The second kappa shape index (κ2) is 16.4. The third kappa shape index (κ3) is 8.74. The van der Waals surface area contributed by atoms with Crippen LogP contribution in [0.15, 0.2) is 107 Å². The molecule has 5 aromatic rings. The zero-order valence-electron chi connectivity index (χ0n) is 45.5. The number of aromatic nitrogens is 1. The maximum Gasteiger partial charge on any atom is 0.416 e. The highest BCUT2D eigenvalue weighted by Crippen LogP contribution is 2.32. The number of hydrogen-bond donors (Lipinski definition) is 0. The fourth-order valence-corrected chi connectivity index (χ4v) is 5.89. The van der Waals surface area contributed by atoms with Gasteiger partial charge < -0.3 is 19.1 Å². The lowest BCUT2D eigenvalue weighted by Gasteiger charge is -2.39. The van der Waals surface area contributed by atoms with E-state index >= 15 is 4.79 Å². The van der Waals surface area contributed by atoms with Crippen LogP contribution in [0.25, 0.3) is 22.0 Å². The largest absolute Gasteiger partial charge is 0.416 e. The molecule has 6 rings (SSSR count). The number of rotatable bonds is 12. The summed E-state index contributed by atoms with van der Waals surface area (Å²) < 4.78 is 241. The number of nitrogens with zero attached hydrogens (tertiary/aromatic N) is 3. The van der Waals surface area contributed by atoms with Gasteiger partial charge in [-0.2, -0.15) is 13.2 Å². The van der Waals surface area contributed by atoms with Gasteiger partial charge in [0.1, 0.15) is 6.54 Å². The van der Waals surface area contributed by atoms with E-state index in [1.165, 1.54) is 0 Å². The minimum absolute atomic E-state index is 0.107. The van der Waals surface area contributed by atoms with Crippen LogP contribution < -0.4 is 5.43 Å².